The van der Waals surface area contributed by atoms with Crippen molar-refractivity contribution >= 4 is 17.4 Å². The molecule has 2 unspecified atom stereocenters. The van der Waals surface area contributed by atoms with Gasteiger partial charge in [-0.1, -0.05) is 11.4 Å². The normalized spacial score (nSPS) is 23.3. The van der Waals surface area contributed by atoms with Crippen molar-refractivity contribution in [3.8, 4) is 0 Å². The highest BCUT2D eigenvalue weighted by molar-refractivity contribution is 7.08. The molecular weight excluding hydrogens is 264 g/mol. The molecule has 2 rings (SSSR count). The minimum absolute atomic E-state index is 0.0461. The molecule has 1 fully saturated rings. The van der Waals surface area contributed by atoms with Crippen LogP contribution in [0.2, 0.25) is 0 Å². The number of carbonyl (C=O) groups excluding carboxylic acids is 1. The summed E-state index contributed by atoms with van der Waals surface area (Å²) in [6, 6.07) is 0.0595. The highest BCUT2D eigenvalue weighted by Gasteiger charge is 2.36. The van der Waals surface area contributed by atoms with Gasteiger partial charge in [0.1, 0.15) is 4.88 Å². The van der Waals surface area contributed by atoms with Crippen LogP contribution >= 0.6 is 11.5 Å². The van der Waals surface area contributed by atoms with Gasteiger partial charge in [-0.25, -0.2) is 0 Å². The van der Waals surface area contributed by atoms with Crippen LogP contribution in [0.3, 0.4) is 0 Å². The fourth-order valence-corrected chi connectivity index (χ4v) is 3.18. The van der Waals surface area contributed by atoms with Gasteiger partial charge in [0.05, 0.1) is 11.8 Å². The van der Waals surface area contributed by atoms with Crippen LogP contribution in [0.15, 0.2) is 0 Å². The summed E-state index contributed by atoms with van der Waals surface area (Å²) in [5.74, 6) is -0.0461. The van der Waals surface area contributed by atoms with Gasteiger partial charge in [0.25, 0.3) is 5.91 Å². The van der Waals surface area contributed by atoms with E-state index in [4.69, 9.17) is 0 Å². The van der Waals surface area contributed by atoms with Gasteiger partial charge in [-0.2, -0.15) is 0 Å². The molecule has 0 aromatic carbocycles. The lowest BCUT2D eigenvalue weighted by atomic mass is 10.2. The Morgan fingerprint density at radius 3 is 2.95 bits per heavy atom. The maximum absolute atomic E-state index is 12.6. The zero-order valence-corrected chi connectivity index (χ0v) is 12.4. The molecule has 1 N–H and O–H groups in total. The van der Waals surface area contributed by atoms with Crippen molar-refractivity contribution in [1.82, 2.24) is 19.4 Å². The van der Waals surface area contributed by atoms with Gasteiger partial charge in [-0.3, -0.25) is 4.79 Å². The van der Waals surface area contributed by atoms with Crippen LogP contribution in [0.5, 0.6) is 0 Å². The van der Waals surface area contributed by atoms with E-state index >= 15 is 0 Å². The number of aliphatic hydroxyl groups is 1. The quantitative estimate of drug-likeness (QED) is 0.857. The van der Waals surface area contributed by atoms with Crippen molar-refractivity contribution in [2.75, 3.05) is 27.2 Å². The Hall–Kier alpha value is -1.05. The van der Waals surface area contributed by atoms with E-state index in [1.807, 2.05) is 25.9 Å². The third-order valence-electron chi connectivity index (χ3n) is 3.31. The van der Waals surface area contributed by atoms with Crippen LogP contribution in [0.1, 0.15) is 28.7 Å². The Balaban J connectivity index is 2.17. The number of hydrogen-bond acceptors (Lipinski definition) is 6. The molecule has 0 spiro atoms. The van der Waals surface area contributed by atoms with Crippen molar-refractivity contribution in [2.45, 2.75) is 31.9 Å². The summed E-state index contributed by atoms with van der Waals surface area (Å²) < 4.78 is 3.86. The molecule has 2 atom stereocenters. The molecule has 19 heavy (non-hydrogen) atoms. The Morgan fingerprint density at radius 2 is 2.32 bits per heavy atom. The predicted octanol–water partition coefficient (Wildman–Crippen LogP) is 0.237. The number of rotatable bonds is 4. The van der Waals surface area contributed by atoms with Gasteiger partial charge in [0.15, 0.2) is 0 Å². The standard InChI is InChI=1S/C12H20N4O2S/c1-4-10-11(19-14-13-10)12(18)16-7-9(17)5-8(16)6-15(2)3/h8-9,17H,4-7H2,1-3H3. The summed E-state index contributed by atoms with van der Waals surface area (Å²) in [5, 5.41) is 13.8. The lowest BCUT2D eigenvalue weighted by Gasteiger charge is -2.26. The largest absolute Gasteiger partial charge is 0.391 e. The van der Waals surface area contributed by atoms with Gasteiger partial charge in [0.2, 0.25) is 0 Å². The van der Waals surface area contributed by atoms with Gasteiger partial charge < -0.3 is 14.9 Å². The Bertz CT molecular complexity index is 449. The van der Waals surface area contributed by atoms with Crippen LogP contribution in [-0.2, 0) is 6.42 Å². The van der Waals surface area contributed by atoms with Crippen LogP contribution in [0.4, 0.5) is 0 Å². The molecule has 1 aliphatic rings. The maximum atomic E-state index is 12.6. The van der Waals surface area contributed by atoms with Gasteiger partial charge in [-0.05, 0) is 38.5 Å². The second-order valence-electron chi connectivity index (χ2n) is 5.17. The summed E-state index contributed by atoms with van der Waals surface area (Å²) in [6.07, 6.45) is 0.907. The maximum Gasteiger partial charge on any atom is 0.267 e. The number of nitrogens with zero attached hydrogens (tertiary/aromatic N) is 4. The summed E-state index contributed by atoms with van der Waals surface area (Å²) in [6.45, 7) is 3.12. The van der Waals surface area contributed by atoms with Gasteiger partial charge in [0, 0.05) is 19.1 Å². The SMILES string of the molecule is CCc1nnsc1C(=O)N1CC(O)CC1CN(C)C. The van der Waals surface area contributed by atoms with E-state index in [-0.39, 0.29) is 11.9 Å². The molecule has 0 aliphatic carbocycles. The number of aryl methyl sites for hydroxylation is 1. The van der Waals surface area contributed by atoms with Crippen LogP contribution in [0, 0.1) is 0 Å². The number of likely N-dealkylation sites (tertiary alicyclic amines) is 1. The van der Waals surface area contributed by atoms with E-state index < -0.39 is 6.10 Å². The average Bonchev–Trinajstić information content (AvgIpc) is 2.93. The Labute approximate surface area is 117 Å². The van der Waals surface area contributed by atoms with E-state index in [9.17, 15) is 9.90 Å². The molecule has 2 heterocycles. The van der Waals surface area contributed by atoms with Gasteiger partial charge >= 0.3 is 0 Å². The topological polar surface area (TPSA) is 69.6 Å². The van der Waals surface area contributed by atoms with Crippen molar-refractivity contribution in [3.05, 3.63) is 10.6 Å². The molecule has 0 radical (unpaired) electrons. The molecule has 7 heteroatoms. The molecule has 0 bridgehead atoms. The van der Waals surface area contributed by atoms with Gasteiger partial charge in [-0.15, -0.1) is 5.10 Å². The molecule has 1 aliphatic heterocycles. The van der Waals surface area contributed by atoms with Crippen molar-refractivity contribution in [1.29, 1.82) is 0 Å². The number of carbonyl (C=O) groups is 1. The summed E-state index contributed by atoms with van der Waals surface area (Å²) >= 11 is 1.14. The van der Waals surface area contributed by atoms with E-state index in [1.54, 1.807) is 4.90 Å². The number of amides is 1. The lowest BCUT2D eigenvalue weighted by Crippen LogP contribution is -2.41. The Morgan fingerprint density at radius 1 is 1.58 bits per heavy atom. The molecule has 0 saturated carbocycles. The van der Waals surface area contributed by atoms with Crippen molar-refractivity contribution < 1.29 is 9.90 Å². The highest BCUT2D eigenvalue weighted by atomic mass is 32.1. The van der Waals surface area contributed by atoms with E-state index in [0.717, 1.165) is 23.8 Å². The van der Waals surface area contributed by atoms with E-state index in [0.29, 0.717) is 24.3 Å². The van der Waals surface area contributed by atoms with Crippen molar-refractivity contribution in [2.24, 2.45) is 0 Å². The first kappa shape index (κ1) is 14.4. The van der Waals surface area contributed by atoms with Crippen LogP contribution < -0.4 is 0 Å². The summed E-state index contributed by atoms with van der Waals surface area (Å²) in [5.41, 5.74) is 0.750. The highest BCUT2D eigenvalue weighted by Crippen LogP contribution is 2.23. The monoisotopic (exact) mass is 284 g/mol. The number of aromatic nitrogens is 2. The average molecular weight is 284 g/mol. The molecule has 1 saturated heterocycles. The summed E-state index contributed by atoms with van der Waals surface area (Å²) in [4.78, 5) is 17.0. The molecular formula is C12H20N4O2S. The number of hydrogen-bond donors (Lipinski definition) is 1. The second-order valence-corrected chi connectivity index (χ2v) is 5.92. The first-order chi connectivity index (χ1) is 9.02. The lowest BCUT2D eigenvalue weighted by molar-refractivity contribution is 0.0703. The predicted molar refractivity (Wildman–Crippen MR) is 73.3 cm³/mol. The zero-order chi connectivity index (χ0) is 14.0. The molecule has 106 valence electrons. The third kappa shape index (κ3) is 3.10. The summed E-state index contributed by atoms with van der Waals surface area (Å²) in [7, 11) is 3.94. The number of likely N-dealkylation sites (N-methyl/N-ethyl adjacent to an activating group) is 1. The minimum Gasteiger partial charge on any atom is -0.391 e. The molecule has 1 aromatic heterocycles. The molecule has 1 aromatic rings. The number of β-amino-alcohol motifs (C(OH)–C–C–N with tert-alkyl or cyclic N) is 1. The fraction of sp³-hybridized carbons (Fsp3) is 0.750. The smallest absolute Gasteiger partial charge is 0.267 e. The Kier molecular flexibility index (Phi) is 4.49. The zero-order valence-electron chi connectivity index (χ0n) is 11.5. The minimum atomic E-state index is -0.431. The first-order valence-corrected chi connectivity index (χ1v) is 7.25. The van der Waals surface area contributed by atoms with E-state index in [2.05, 4.69) is 9.59 Å². The fourth-order valence-electron chi connectivity index (χ4n) is 2.47. The van der Waals surface area contributed by atoms with E-state index in [1.165, 1.54) is 0 Å². The molecule has 6 nitrogen and oxygen atoms in total. The van der Waals surface area contributed by atoms with Crippen LogP contribution in [-0.4, -0.2) is 69.7 Å². The van der Waals surface area contributed by atoms with Crippen LogP contribution in [0.25, 0.3) is 0 Å². The second kappa shape index (κ2) is 5.94. The molecule has 1 amide bonds. The number of aliphatic hydroxyl groups excluding tert-OH is 1. The third-order valence-corrected chi connectivity index (χ3v) is 4.07. The van der Waals surface area contributed by atoms with Crippen molar-refractivity contribution in [3.63, 3.8) is 0 Å². The first-order valence-electron chi connectivity index (χ1n) is 6.47.